The van der Waals surface area contributed by atoms with Gasteiger partial charge in [-0.3, -0.25) is 14.4 Å². The molecule has 0 amide bonds. The third kappa shape index (κ3) is 33.8. The molecule has 0 saturated heterocycles. The summed E-state index contributed by atoms with van der Waals surface area (Å²) in [5.41, 5.74) is 0. The quantitative estimate of drug-likeness (QED) is 0.0381. The Bertz CT molecular complexity index is 679. The average molecular weight is 653 g/mol. The summed E-state index contributed by atoms with van der Waals surface area (Å²) >= 11 is 0. The van der Waals surface area contributed by atoms with E-state index >= 15 is 0 Å². The van der Waals surface area contributed by atoms with Crippen LogP contribution in [0.3, 0.4) is 0 Å². The van der Waals surface area contributed by atoms with E-state index in [0.717, 1.165) is 64.2 Å². The molecular formula is C40H76O6. The van der Waals surface area contributed by atoms with Gasteiger partial charge in [0.15, 0.2) is 6.10 Å². The summed E-state index contributed by atoms with van der Waals surface area (Å²) in [6.07, 6.45) is 33.9. The molecule has 0 N–H and O–H groups in total. The Kier molecular flexibility index (Phi) is 35.0. The molecule has 272 valence electrons. The molecule has 0 aromatic carbocycles. The summed E-state index contributed by atoms with van der Waals surface area (Å²) in [5.74, 6) is -0.875. The lowest BCUT2D eigenvalue weighted by Gasteiger charge is -2.18. The van der Waals surface area contributed by atoms with Crippen molar-refractivity contribution in [2.45, 2.75) is 226 Å². The van der Waals surface area contributed by atoms with Gasteiger partial charge in [0.05, 0.1) is 0 Å². The molecule has 0 saturated carbocycles. The van der Waals surface area contributed by atoms with Crippen LogP contribution >= 0.6 is 0 Å². The highest BCUT2D eigenvalue weighted by Crippen LogP contribution is 2.15. The average Bonchev–Trinajstić information content (AvgIpc) is 3.05. The van der Waals surface area contributed by atoms with Crippen molar-refractivity contribution < 1.29 is 28.6 Å². The molecule has 1 atom stereocenters. The second-order valence-electron chi connectivity index (χ2n) is 13.6. The van der Waals surface area contributed by atoms with Gasteiger partial charge >= 0.3 is 17.9 Å². The number of carbonyl (C=O) groups excluding carboxylic acids is 3. The number of unbranched alkanes of at least 4 members (excludes halogenated alkanes) is 25. The number of hydrogen-bond donors (Lipinski definition) is 0. The number of rotatable bonds is 36. The van der Waals surface area contributed by atoms with Crippen molar-refractivity contribution in [2.24, 2.45) is 0 Å². The van der Waals surface area contributed by atoms with Crippen LogP contribution in [0.5, 0.6) is 0 Å². The maximum absolute atomic E-state index is 12.6. The molecule has 0 aromatic heterocycles. The van der Waals surface area contributed by atoms with Gasteiger partial charge in [0.2, 0.25) is 0 Å². The lowest BCUT2D eigenvalue weighted by atomic mass is 10.0. The Hall–Kier alpha value is -1.59. The molecule has 0 bridgehead atoms. The minimum Gasteiger partial charge on any atom is -0.462 e. The Morgan fingerprint density at radius 2 is 0.587 bits per heavy atom. The zero-order chi connectivity index (χ0) is 33.8. The van der Waals surface area contributed by atoms with Crippen molar-refractivity contribution in [3.05, 3.63) is 0 Å². The first-order chi connectivity index (χ1) is 22.5. The molecule has 0 heterocycles. The molecule has 0 aliphatic carbocycles. The van der Waals surface area contributed by atoms with E-state index in [2.05, 4.69) is 20.8 Å². The van der Waals surface area contributed by atoms with Gasteiger partial charge in [-0.2, -0.15) is 0 Å². The summed E-state index contributed by atoms with van der Waals surface area (Å²) in [4.78, 5) is 37.2. The summed E-state index contributed by atoms with van der Waals surface area (Å²) in [5, 5.41) is 0. The number of carbonyl (C=O) groups is 3. The highest BCUT2D eigenvalue weighted by molar-refractivity contribution is 5.71. The van der Waals surface area contributed by atoms with Crippen molar-refractivity contribution in [1.82, 2.24) is 0 Å². The van der Waals surface area contributed by atoms with Crippen LogP contribution in [0.15, 0.2) is 0 Å². The molecule has 0 rings (SSSR count). The molecule has 0 spiro atoms. The van der Waals surface area contributed by atoms with Crippen LogP contribution in [0.4, 0.5) is 0 Å². The van der Waals surface area contributed by atoms with E-state index in [-0.39, 0.29) is 31.1 Å². The molecule has 0 aliphatic heterocycles. The van der Waals surface area contributed by atoms with E-state index in [4.69, 9.17) is 14.2 Å². The second kappa shape index (κ2) is 36.2. The van der Waals surface area contributed by atoms with Crippen molar-refractivity contribution in [2.75, 3.05) is 13.2 Å². The maximum Gasteiger partial charge on any atom is 0.306 e. The van der Waals surface area contributed by atoms with Crippen LogP contribution < -0.4 is 0 Å². The standard InChI is InChI=1S/C40H76O6/c1-4-7-10-13-15-17-19-20-21-23-25-28-31-34-40(43)46-37(35-44-38(41)32-29-26-12-9-6-3)36-45-39(42)33-30-27-24-22-18-16-14-11-8-5-2/h37H,4-36H2,1-3H3/t37-/m0/s1. The largest absolute Gasteiger partial charge is 0.462 e. The molecule has 0 unspecified atom stereocenters. The zero-order valence-corrected chi connectivity index (χ0v) is 30.9. The first-order valence-electron chi connectivity index (χ1n) is 20.0. The minimum atomic E-state index is -0.754. The summed E-state index contributed by atoms with van der Waals surface area (Å²) in [6, 6.07) is 0. The first kappa shape index (κ1) is 44.4. The molecule has 0 radical (unpaired) electrons. The fraction of sp³-hybridized carbons (Fsp3) is 0.925. The monoisotopic (exact) mass is 653 g/mol. The maximum atomic E-state index is 12.6. The lowest BCUT2D eigenvalue weighted by Crippen LogP contribution is -2.30. The smallest absolute Gasteiger partial charge is 0.306 e. The lowest BCUT2D eigenvalue weighted by molar-refractivity contribution is -0.167. The highest BCUT2D eigenvalue weighted by atomic mass is 16.6. The normalized spacial score (nSPS) is 11.8. The van der Waals surface area contributed by atoms with Crippen molar-refractivity contribution in [3.63, 3.8) is 0 Å². The van der Waals surface area contributed by atoms with Gasteiger partial charge in [0.25, 0.3) is 0 Å². The molecule has 46 heavy (non-hydrogen) atoms. The minimum absolute atomic E-state index is 0.0648. The van der Waals surface area contributed by atoms with Gasteiger partial charge in [-0.1, -0.05) is 181 Å². The fourth-order valence-electron chi connectivity index (χ4n) is 5.79. The number of ether oxygens (including phenoxy) is 3. The zero-order valence-electron chi connectivity index (χ0n) is 30.9. The van der Waals surface area contributed by atoms with Crippen LogP contribution in [0.25, 0.3) is 0 Å². The van der Waals surface area contributed by atoms with Crippen molar-refractivity contribution in [3.8, 4) is 0 Å². The van der Waals surface area contributed by atoms with Crippen LogP contribution in [-0.2, 0) is 28.6 Å². The Morgan fingerprint density at radius 1 is 0.348 bits per heavy atom. The first-order valence-corrected chi connectivity index (χ1v) is 20.0. The van der Waals surface area contributed by atoms with E-state index in [1.165, 1.54) is 116 Å². The van der Waals surface area contributed by atoms with Gasteiger partial charge in [-0.15, -0.1) is 0 Å². The van der Waals surface area contributed by atoms with E-state index in [9.17, 15) is 14.4 Å². The molecule has 0 fully saturated rings. The van der Waals surface area contributed by atoms with Crippen LogP contribution in [0, 0.1) is 0 Å². The number of hydrogen-bond acceptors (Lipinski definition) is 6. The van der Waals surface area contributed by atoms with Crippen LogP contribution in [0.1, 0.15) is 220 Å². The Morgan fingerprint density at radius 3 is 0.870 bits per heavy atom. The molecule has 6 heteroatoms. The summed E-state index contributed by atoms with van der Waals surface area (Å²) < 4.78 is 16.5. The number of esters is 3. The van der Waals surface area contributed by atoms with Crippen LogP contribution in [0.2, 0.25) is 0 Å². The molecule has 0 aromatic rings. The fourth-order valence-corrected chi connectivity index (χ4v) is 5.79. The molecule has 0 aliphatic rings. The summed E-state index contributed by atoms with van der Waals surface area (Å²) in [7, 11) is 0. The summed E-state index contributed by atoms with van der Waals surface area (Å²) in [6.45, 7) is 6.54. The van der Waals surface area contributed by atoms with Gasteiger partial charge in [-0.25, -0.2) is 0 Å². The molecular weight excluding hydrogens is 576 g/mol. The second-order valence-corrected chi connectivity index (χ2v) is 13.6. The van der Waals surface area contributed by atoms with E-state index in [0.29, 0.717) is 19.3 Å². The topological polar surface area (TPSA) is 78.9 Å². The van der Waals surface area contributed by atoms with E-state index in [1.807, 2.05) is 0 Å². The third-order valence-electron chi connectivity index (χ3n) is 8.86. The SMILES string of the molecule is CCCCCCCCCCCCCCCC(=O)O[C@@H](COC(=O)CCCCCCC)COC(=O)CCCCCCCCCCCC. The Labute approximate surface area is 285 Å². The van der Waals surface area contributed by atoms with Gasteiger partial charge in [-0.05, 0) is 19.3 Å². The van der Waals surface area contributed by atoms with Crippen molar-refractivity contribution in [1.29, 1.82) is 0 Å². The highest BCUT2D eigenvalue weighted by Gasteiger charge is 2.19. The Balaban J connectivity index is 4.24. The van der Waals surface area contributed by atoms with Crippen LogP contribution in [-0.4, -0.2) is 37.2 Å². The molecule has 6 nitrogen and oxygen atoms in total. The predicted molar refractivity (Wildman–Crippen MR) is 192 cm³/mol. The van der Waals surface area contributed by atoms with Gasteiger partial charge < -0.3 is 14.2 Å². The van der Waals surface area contributed by atoms with E-state index < -0.39 is 6.10 Å². The van der Waals surface area contributed by atoms with Crippen molar-refractivity contribution >= 4 is 17.9 Å². The predicted octanol–water partition coefficient (Wildman–Crippen LogP) is 12.1. The van der Waals surface area contributed by atoms with E-state index in [1.54, 1.807) is 0 Å². The van der Waals surface area contributed by atoms with Gasteiger partial charge in [0, 0.05) is 19.3 Å². The third-order valence-corrected chi connectivity index (χ3v) is 8.86. The van der Waals surface area contributed by atoms with Gasteiger partial charge in [0.1, 0.15) is 13.2 Å².